The SMILES string of the molecule is C=C(C)C(=O)OCC[N+](CC)(CC)CCCC(=O)O. The molecule has 0 spiro atoms. The Balaban J connectivity index is 4.25. The van der Waals surface area contributed by atoms with E-state index in [1.54, 1.807) is 6.92 Å². The zero-order chi connectivity index (χ0) is 14.9. The molecule has 0 aromatic rings. The van der Waals surface area contributed by atoms with Gasteiger partial charge in [0, 0.05) is 12.0 Å². The number of carboxylic acid groups (broad SMARTS) is 1. The average molecular weight is 272 g/mol. The Labute approximate surface area is 115 Å². The van der Waals surface area contributed by atoms with E-state index in [0.717, 1.165) is 24.1 Å². The average Bonchev–Trinajstić information content (AvgIpc) is 2.36. The van der Waals surface area contributed by atoms with Gasteiger partial charge in [0.1, 0.15) is 13.2 Å². The number of quaternary nitrogens is 1. The number of aliphatic carboxylic acids is 1. The Bertz CT molecular complexity index is 321. The van der Waals surface area contributed by atoms with Gasteiger partial charge in [0.05, 0.1) is 26.1 Å². The summed E-state index contributed by atoms with van der Waals surface area (Å²) >= 11 is 0. The molecule has 0 radical (unpaired) electrons. The Kier molecular flexibility index (Phi) is 8.07. The first-order chi connectivity index (χ1) is 8.87. The third-order valence-corrected chi connectivity index (χ3v) is 3.51. The first kappa shape index (κ1) is 17.6. The van der Waals surface area contributed by atoms with Gasteiger partial charge in [-0.1, -0.05) is 6.58 Å². The van der Waals surface area contributed by atoms with Crippen LogP contribution in [0, 0.1) is 0 Å². The molecular formula is C14H26NO4+. The second kappa shape index (κ2) is 8.69. The van der Waals surface area contributed by atoms with Crippen molar-refractivity contribution in [2.24, 2.45) is 0 Å². The molecule has 0 bridgehead atoms. The summed E-state index contributed by atoms with van der Waals surface area (Å²) in [4.78, 5) is 21.9. The number of hydrogen-bond donors (Lipinski definition) is 1. The van der Waals surface area contributed by atoms with E-state index in [9.17, 15) is 9.59 Å². The third kappa shape index (κ3) is 6.96. The van der Waals surface area contributed by atoms with Crippen LogP contribution in [0.1, 0.15) is 33.6 Å². The monoisotopic (exact) mass is 272 g/mol. The maximum atomic E-state index is 11.3. The predicted octanol–water partition coefficient (Wildman–Crippen LogP) is 1.83. The van der Waals surface area contributed by atoms with E-state index in [2.05, 4.69) is 20.4 Å². The van der Waals surface area contributed by atoms with Gasteiger partial charge in [0.15, 0.2) is 0 Å². The number of hydrogen-bond acceptors (Lipinski definition) is 3. The number of nitrogens with zero attached hydrogens (tertiary/aromatic N) is 1. The maximum Gasteiger partial charge on any atom is 0.333 e. The molecule has 0 saturated heterocycles. The summed E-state index contributed by atoms with van der Waals surface area (Å²) in [5.41, 5.74) is 0.400. The topological polar surface area (TPSA) is 63.6 Å². The molecule has 0 rings (SSSR count). The van der Waals surface area contributed by atoms with Crippen LogP contribution in [0.4, 0.5) is 0 Å². The van der Waals surface area contributed by atoms with Gasteiger partial charge in [-0.25, -0.2) is 4.79 Å². The van der Waals surface area contributed by atoms with Crippen molar-refractivity contribution in [2.45, 2.75) is 33.6 Å². The highest BCUT2D eigenvalue weighted by Gasteiger charge is 2.23. The molecule has 0 heterocycles. The van der Waals surface area contributed by atoms with Gasteiger partial charge < -0.3 is 14.3 Å². The number of ether oxygens (including phenoxy) is 1. The highest BCUT2D eigenvalue weighted by atomic mass is 16.5. The Morgan fingerprint density at radius 1 is 1.21 bits per heavy atom. The van der Waals surface area contributed by atoms with Crippen molar-refractivity contribution in [1.82, 2.24) is 0 Å². The van der Waals surface area contributed by atoms with Crippen molar-refractivity contribution < 1.29 is 23.9 Å². The van der Waals surface area contributed by atoms with E-state index in [1.165, 1.54) is 0 Å². The summed E-state index contributed by atoms with van der Waals surface area (Å²) in [6.07, 6.45) is 0.830. The molecular weight excluding hydrogens is 246 g/mol. The van der Waals surface area contributed by atoms with Crippen molar-refractivity contribution in [2.75, 3.05) is 32.8 Å². The van der Waals surface area contributed by atoms with E-state index in [1.807, 2.05) is 0 Å². The van der Waals surface area contributed by atoms with Gasteiger partial charge in [-0.2, -0.15) is 0 Å². The minimum absolute atomic E-state index is 0.186. The molecule has 0 aromatic carbocycles. The molecule has 0 atom stereocenters. The molecule has 1 N–H and O–H groups in total. The van der Waals surface area contributed by atoms with Crippen molar-refractivity contribution in [1.29, 1.82) is 0 Å². The first-order valence-electron chi connectivity index (χ1n) is 6.76. The Hall–Kier alpha value is -1.36. The summed E-state index contributed by atoms with van der Waals surface area (Å²) in [5, 5.41) is 8.68. The second-order valence-electron chi connectivity index (χ2n) is 4.83. The van der Waals surface area contributed by atoms with Gasteiger partial charge in [-0.3, -0.25) is 4.79 Å². The molecule has 0 aliphatic heterocycles. The highest BCUT2D eigenvalue weighted by molar-refractivity contribution is 5.86. The summed E-state index contributed by atoms with van der Waals surface area (Å²) in [7, 11) is 0. The van der Waals surface area contributed by atoms with Crippen molar-refractivity contribution >= 4 is 11.9 Å². The van der Waals surface area contributed by atoms with E-state index >= 15 is 0 Å². The summed E-state index contributed by atoms with van der Waals surface area (Å²) in [6.45, 7) is 13.0. The molecule has 5 heteroatoms. The van der Waals surface area contributed by atoms with Crippen LogP contribution in [-0.2, 0) is 14.3 Å². The maximum absolute atomic E-state index is 11.3. The molecule has 19 heavy (non-hydrogen) atoms. The normalized spacial score (nSPS) is 11.1. The Morgan fingerprint density at radius 2 is 1.79 bits per heavy atom. The molecule has 0 fully saturated rings. The van der Waals surface area contributed by atoms with Crippen LogP contribution >= 0.6 is 0 Å². The fraction of sp³-hybridized carbons (Fsp3) is 0.714. The lowest BCUT2D eigenvalue weighted by Gasteiger charge is -2.36. The van der Waals surface area contributed by atoms with E-state index in [-0.39, 0.29) is 12.4 Å². The minimum atomic E-state index is -0.765. The Morgan fingerprint density at radius 3 is 2.21 bits per heavy atom. The molecule has 110 valence electrons. The molecule has 0 aliphatic carbocycles. The van der Waals surface area contributed by atoms with Crippen LogP contribution < -0.4 is 0 Å². The number of rotatable bonds is 10. The molecule has 0 amide bonds. The number of carbonyl (C=O) groups is 2. The number of esters is 1. The minimum Gasteiger partial charge on any atom is -0.481 e. The van der Waals surface area contributed by atoms with Crippen molar-refractivity contribution in [3.63, 3.8) is 0 Å². The van der Waals surface area contributed by atoms with Crippen LogP contribution in [0.3, 0.4) is 0 Å². The quantitative estimate of drug-likeness (QED) is 0.374. The highest BCUT2D eigenvalue weighted by Crippen LogP contribution is 2.09. The fourth-order valence-electron chi connectivity index (χ4n) is 1.99. The summed E-state index contributed by atoms with van der Waals surface area (Å²) in [5.74, 6) is -1.13. The third-order valence-electron chi connectivity index (χ3n) is 3.51. The lowest BCUT2D eigenvalue weighted by molar-refractivity contribution is -0.925. The fourth-order valence-corrected chi connectivity index (χ4v) is 1.99. The number of likely N-dealkylation sites (N-methyl/N-ethyl adjacent to an activating group) is 1. The lowest BCUT2D eigenvalue weighted by Crippen LogP contribution is -2.50. The van der Waals surface area contributed by atoms with Gasteiger partial charge in [0.25, 0.3) is 0 Å². The van der Waals surface area contributed by atoms with Crippen molar-refractivity contribution in [3.8, 4) is 0 Å². The van der Waals surface area contributed by atoms with Gasteiger partial charge in [-0.15, -0.1) is 0 Å². The van der Waals surface area contributed by atoms with Crippen LogP contribution in [0.2, 0.25) is 0 Å². The molecule has 0 saturated carbocycles. The predicted molar refractivity (Wildman–Crippen MR) is 73.7 cm³/mol. The molecule has 0 aliphatic rings. The standard InChI is InChI=1S/C14H25NO4/c1-5-15(6-2,9-7-8-13(16)17)10-11-19-14(18)12(3)4/h3,5-11H2,1-2,4H3/p+1. The zero-order valence-corrected chi connectivity index (χ0v) is 12.3. The van der Waals surface area contributed by atoms with Crippen LogP contribution in [0.15, 0.2) is 12.2 Å². The van der Waals surface area contributed by atoms with E-state index in [4.69, 9.17) is 9.84 Å². The van der Waals surface area contributed by atoms with Gasteiger partial charge in [0.2, 0.25) is 0 Å². The van der Waals surface area contributed by atoms with Gasteiger partial charge >= 0.3 is 11.9 Å². The first-order valence-corrected chi connectivity index (χ1v) is 6.76. The lowest BCUT2D eigenvalue weighted by atomic mass is 10.2. The summed E-state index contributed by atoms with van der Waals surface area (Å²) < 4.78 is 5.89. The van der Waals surface area contributed by atoms with Gasteiger partial charge in [-0.05, 0) is 20.8 Å². The summed E-state index contributed by atoms with van der Waals surface area (Å²) in [6, 6.07) is 0. The molecule has 0 aromatic heterocycles. The number of carbonyl (C=O) groups excluding carboxylic acids is 1. The second-order valence-corrected chi connectivity index (χ2v) is 4.83. The largest absolute Gasteiger partial charge is 0.481 e. The molecule has 0 unspecified atom stereocenters. The van der Waals surface area contributed by atoms with Crippen LogP contribution in [-0.4, -0.2) is 54.3 Å². The molecule has 5 nitrogen and oxygen atoms in total. The zero-order valence-electron chi connectivity index (χ0n) is 12.3. The van der Waals surface area contributed by atoms with E-state index < -0.39 is 5.97 Å². The van der Waals surface area contributed by atoms with Crippen LogP contribution in [0.25, 0.3) is 0 Å². The van der Waals surface area contributed by atoms with Crippen LogP contribution in [0.5, 0.6) is 0 Å². The van der Waals surface area contributed by atoms with Crippen molar-refractivity contribution in [3.05, 3.63) is 12.2 Å². The number of carboxylic acids is 1. The van der Waals surface area contributed by atoms with E-state index in [0.29, 0.717) is 25.1 Å². The smallest absolute Gasteiger partial charge is 0.333 e.